The number of hydrogen-bond donors (Lipinski definition) is 2. The molecule has 19 heavy (non-hydrogen) atoms. The fourth-order valence-corrected chi connectivity index (χ4v) is 2.70. The van der Waals surface area contributed by atoms with Crippen molar-refractivity contribution in [2.24, 2.45) is 0 Å². The smallest absolute Gasteiger partial charge is 0.259 e. The lowest BCUT2D eigenvalue weighted by atomic mass is 10.2. The van der Waals surface area contributed by atoms with Gasteiger partial charge < -0.3 is 11.1 Å². The first-order valence-corrected chi connectivity index (χ1v) is 7.04. The molecule has 0 atom stereocenters. The summed E-state index contributed by atoms with van der Waals surface area (Å²) < 4.78 is 1.71. The van der Waals surface area contributed by atoms with E-state index in [0.717, 1.165) is 14.6 Å². The van der Waals surface area contributed by atoms with Crippen molar-refractivity contribution in [1.29, 1.82) is 0 Å². The van der Waals surface area contributed by atoms with E-state index in [0.29, 0.717) is 16.9 Å². The van der Waals surface area contributed by atoms with Crippen LogP contribution in [0.15, 0.2) is 39.4 Å². The summed E-state index contributed by atoms with van der Waals surface area (Å²) in [6.45, 7) is 1.82. The van der Waals surface area contributed by atoms with Gasteiger partial charge in [0.2, 0.25) is 0 Å². The number of rotatable bonds is 2. The zero-order chi connectivity index (χ0) is 14.0. The van der Waals surface area contributed by atoms with Gasteiger partial charge in [-0.3, -0.25) is 9.78 Å². The van der Waals surface area contributed by atoms with Crippen LogP contribution in [0, 0.1) is 6.92 Å². The van der Waals surface area contributed by atoms with Crippen LogP contribution in [0.25, 0.3) is 0 Å². The maximum absolute atomic E-state index is 12.1. The van der Waals surface area contributed by atoms with Gasteiger partial charge in [-0.25, -0.2) is 0 Å². The molecule has 4 nitrogen and oxygen atoms in total. The fraction of sp³-hybridized carbons (Fsp3) is 0.0769. The zero-order valence-electron chi connectivity index (χ0n) is 10.1. The summed E-state index contributed by atoms with van der Waals surface area (Å²) >= 11 is 6.74. The number of carbonyl (C=O) groups is 1. The molecular weight excluding hydrogens is 374 g/mol. The largest absolute Gasteiger partial charge is 0.398 e. The van der Waals surface area contributed by atoms with Crippen LogP contribution in [-0.4, -0.2) is 10.9 Å². The first-order valence-electron chi connectivity index (χ1n) is 5.46. The Morgan fingerprint density at radius 3 is 2.68 bits per heavy atom. The Morgan fingerprint density at radius 2 is 2.05 bits per heavy atom. The quantitative estimate of drug-likeness (QED) is 0.828. The Morgan fingerprint density at radius 1 is 1.32 bits per heavy atom. The van der Waals surface area contributed by atoms with Crippen LogP contribution in [-0.2, 0) is 0 Å². The predicted octanol–water partition coefficient (Wildman–Crippen LogP) is 3.75. The molecule has 1 aromatic carbocycles. The van der Waals surface area contributed by atoms with Gasteiger partial charge in [-0.05, 0) is 47.1 Å². The number of amides is 1. The molecule has 0 aliphatic carbocycles. The molecule has 2 aromatic rings. The highest BCUT2D eigenvalue weighted by atomic mass is 79.9. The Bertz CT molecular complexity index is 644. The van der Waals surface area contributed by atoms with E-state index < -0.39 is 0 Å². The Balaban J connectivity index is 2.25. The summed E-state index contributed by atoms with van der Waals surface area (Å²) in [5, 5.41) is 2.79. The van der Waals surface area contributed by atoms with Crippen LogP contribution in [0.1, 0.15) is 16.1 Å². The molecule has 0 aliphatic rings. The predicted molar refractivity (Wildman–Crippen MR) is 83.2 cm³/mol. The highest BCUT2D eigenvalue weighted by molar-refractivity contribution is 9.11. The SMILES string of the molecule is Cc1cc(N)c(C(=O)Nc2ccc(Br)cc2Br)cn1. The molecule has 1 amide bonds. The Labute approximate surface area is 127 Å². The van der Waals surface area contributed by atoms with Crippen molar-refractivity contribution < 1.29 is 4.79 Å². The number of benzene rings is 1. The Hall–Kier alpha value is -1.40. The number of nitrogens with zero attached hydrogens (tertiary/aromatic N) is 1. The maximum Gasteiger partial charge on any atom is 0.259 e. The second-order valence-electron chi connectivity index (χ2n) is 3.99. The molecule has 0 saturated carbocycles. The van der Waals surface area contributed by atoms with Crippen molar-refractivity contribution in [3.8, 4) is 0 Å². The van der Waals surface area contributed by atoms with E-state index in [4.69, 9.17) is 5.73 Å². The molecule has 0 aliphatic heterocycles. The number of anilines is 2. The van der Waals surface area contributed by atoms with Gasteiger partial charge in [0.15, 0.2) is 0 Å². The van der Waals surface area contributed by atoms with Crippen LogP contribution in [0.4, 0.5) is 11.4 Å². The second-order valence-corrected chi connectivity index (χ2v) is 5.76. The number of pyridine rings is 1. The van der Waals surface area contributed by atoms with Crippen molar-refractivity contribution in [3.05, 3.63) is 50.7 Å². The van der Waals surface area contributed by atoms with Gasteiger partial charge in [0, 0.05) is 26.5 Å². The van der Waals surface area contributed by atoms with Gasteiger partial charge in [-0.1, -0.05) is 15.9 Å². The standard InChI is InChI=1S/C13H11Br2N3O/c1-7-4-11(16)9(6-17-7)13(19)18-12-3-2-8(14)5-10(12)15/h2-6H,1H3,(H2,16,17)(H,18,19). The minimum atomic E-state index is -0.284. The summed E-state index contributed by atoms with van der Waals surface area (Å²) in [5.74, 6) is -0.284. The summed E-state index contributed by atoms with van der Waals surface area (Å²) in [7, 11) is 0. The lowest BCUT2D eigenvalue weighted by molar-refractivity contribution is 0.102. The van der Waals surface area contributed by atoms with Crippen molar-refractivity contribution >= 4 is 49.1 Å². The number of nitrogens with one attached hydrogen (secondary N) is 1. The average Bonchev–Trinajstić information content (AvgIpc) is 2.32. The number of nitrogen functional groups attached to an aromatic ring is 1. The van der Waals surface area contributed by atoms with Gasteiger partial charge in [-0.2, -0.15) is 0 Å². The third-order valence-electron chi connectivity index (χ3n) is 2.50. The molecule has 3 N–H and O–H groups in total. The molecule has 0 radical (unpaired) electrons. The third-order valence-corrected chi connectivity index (χ3v) is 3.65. The highest BCUT2D eigenvalue weighted by Crippen LogP contribution is 2.27. The Kier molecular flexibility index (Phi) is 4.21. The third kappa shape index (κ3) is 3.33. The molecular formula is C13H11Br2N3O. The van der Waals surface area contributed by atoms with Gasteiger partial charge in [-0.15, -0.1) is 0 Å². The molecule has 1 aromatic heterocycles. The van der Waals surface area contributed by atoms with Crippen molar-refractivity contribution in [1.82, 2.24) is 4.98 Å². The fourth-order valence-electron chi connectivity index (χ4n) is 1.55. The zero-order valence-corrected chi connectivity index (χ0v) is 13.2. The number of hydrogen-bond acceptors (Lipinski definition) is 3. The van der Waals surface area contributed by atoms with Crippen LogP contribution in [0.5, 0.6) is 0 Å². The van der Waals surface area contributed by atoms with E-state index in [1.165, 1.54) is 6.20 Å². The topological polar surface area (TPSA) is 68.0 Å². The highest BCUT2D eigenvalue weighted by Gasteiger charge is 2.12. The average molecular weight is 385 g/mol. The van der Waals surface area contributed by atoms with Crippen molar-refractivity contribution in [2.75, 3.05) is 11.1 Å². The van der Waals surface area contributed by atoms with Crippen molar-refractivity contribution in [2.45, 2.75) is 6.92 Å². The lowest BCUT2D eigenvalue weighted by Gasteiger charge is -2.09. The van der Waals surface area contributed by atoms with E-state index in [2.05, 4.69) is 42.2 Å². The number of nitrogens with two attached hydrogens (primary N) is 1. The molecule has 0 spiro atoms. The van der Waals surface area contributed by atoms with Gasteiger partial charge in [0.25, 0.3) is 5.91 Å². The normalized spacial score (nSPS) is 10.3. The first kappa shape index (κ1) is 14.0. The maximum atomic E-state index is 12.1. The van der Waals surface area contributed by atoms with Crippen molar-refractivity contribution in [3.63, 3.8) is 0 Å². The van der Waals surface area contributed by atoms with E-state index >= 15 is 0 Å². The number of carbonyl (C=O) groups excluding carboxylic acids is 1. The summed E-state index contributed by atoms with van der Waals surface area (Å²) in [6, 6.07) is 7.17. The minimum absolute atomic E-state index is 0.284. The van der Waals surface area contributed by atoms with E-state index in [1.54, 1.807) is 12.1 Å². The van der Waals surface area contributed by atoms with Crippen LogP contribution in [0.3, 0.4) is 0 Å². The van der Waals surface area contributed by atoms with E-state index in [9.17, 15) is 4.79 Å². The lowest BCUT2D eigenvalue weighted by Crippen LogP contribution is -2.15. The van der Waals surface area contributed by atoms with Crippen LogP contribution < -0.4 is 11.1 Å². The summed E-state index contributed by atoms with van der Waals surface area (Å²) in [4.78, 5) is 16.2. The van der Waals surface area contributed by atoms with Gasteiger partial charge in [0.1, 0.15) is 0 Å². The van der Waals surface area contributed by atoms with Crippen LogP contribution >= 0.6 is 31.9 Å². The molecule has 0 saturated heterocycles. The van der Waals surface area contributed by atoms with Crippen LogP contribution in [0.2, 0.25) is 0 Å². The molecule has 98 valence electrons. The molecule has 0 bridgehead atoms. The summed E-state index contributed by atoms with van der Waals surface area (Å²) in [6.07, 6.45) is 1.48. The van der Waals surface area contributed by atoms with E-state index in [1.807, 2.05) is 19.1 Å². The monoisotopic (exact) mass is 383 g/mol. The van der Waals surface area contributed by atoms with Gasteiger partial charge in [0.05, 0.1) is 11.3 Å². The molecule has 0 unspecified atom stereocenters. The second kappa shape index (κ2) is 5.71. The summed E-state index contributed by atoms with van der Waals surface area (Å²) in [5.41, 5.74) is 8.05. The number of aryl methyl sites for hydroxylation is 1. The molecule has 1 heterocycles. The molecule has 0 fully saturated rings. The number of halogens is 2. The number of aromatic nitrogens is 1. The molecule has 6 heteroatoms. The first-order chi connectivity index (χ1) is 8.97. The molecule has 2 rings (SSSR count). The minimum Gasteiger partial charge on any atom is -0.398 e. The van der Waals surface area contributed by atoms with Gasteiger partial charge >= 0.3 is 0 Å². The van der Waals surface area contributed by atoms with E-state index in [-0.39, 0.29) is 5.91 Å².